The lowest BCUT2D eigenvalue weighted by Gasteiger charge is -2.53. The molecule has 20 heteroatoms. The highest BCUT2D eigenvalue weighted by atomic mass is 16.8. The molecule has 6 aliphatic rings. The van der Waals surface area contributed by atoms with Gasteiger partial charge in [-0.2, -0.15) is 0 Å². The minimum atomic E-state index is -2.17. The van der Waals surface area contributed by atoms with Crippen molar-refractivity contribution in [3.05, 3.63) is 0 Å². The van der Waals surface area contributed by atoms with Crippen LogP contribution in [0.25, 0.3) is 0 Å². The molecule has 6 heterocycles. The maximum absolute atomic E-state index is 11.4. The zero-order valence-corrected chi connectivity index (χ0v) is 27.4. The number of fused-ring (bicyclic) bond motifs is 4. The minimum Gasteiger partial charge on any atom is -0.394 e. The molecule has 6 rings (SSSR count). The second kappa shape index (κ2) is 15.9. The van der Waals surface area contributed by atoms with Crippen molar-refractivity contribution in [2.24, 2.45) is 5.73 Å². The fourth-order valence-corrected chi connectivity index (χ4v) is 7.61. The molecule has 0 aromatic carbocycles. The first-order valence-electron chi connectivity index (χ1n) is 17.1. The van der Waals surface area contributed by atoms with Crippen molar-refractivity contribution in [2.45, 2.75) is 161 Å². The average Bonchev–Trinajstić information content (AvgIpc) is 3.59. The van der Waals surface area contributed by atoms with Crippen molar-refractivity contribution in [3.63, 3.8) is 0 Å². The van der Waals surface area contributed by atoms with Gasteiger partial charge in [0.05, 0.1) is 32.5 Å². The number of rotatable bonds is 13. The number of hydrogen-bond donors (Lipinski definition) is 11. The molecular formula is C30H51NO19. The Morgan fingerprint density at radius 2 is 1.30 bits per heavy atom. The third kappa shape index (κ3) is 6.97. The second-order valence-corrected chi connectivity index (χ2v) is 13.8. The van der Waals surface area contributed by atoms with Crippen LogP contribution in [0.1, 0.15) is 32.6 Å². The number of hydrogen-bond acceptors (Lipinski definition) is 20. The molecule has 0 radical (unpaired) electrons. The first-order chi connectivity index (χ1) is 23.9. The van der Waals surface area contributed by atoms with Gasteiger partial charge in [0, 0.05) is 0 Å². The van der Waals surface area contributed by atoms with E-state index >= 15 is 0 Å². The number of aliphatic hydroxyl groups excluding tert-OH is 10. The molecule has 0 aliphatic carbocycles. The molecule has 290 valence electrons. The highest BCUT2D eigenvalue weighted by molar-refractivity contribution is 5.06. The first-order valence-corrected chi connectivity index (χ1v) is 17.1. The van der Waals surface area contributed by atoms with E-state index in [2.05, 4.69) is 0 Å². The molecule has 1 unspecified atom stereocenters. The summed E-state index contributed by atoms with van der Waals surface area (Å²) in [5.74, 6) is -2.17. The highest BCUT2D eigenvalue weighted by Crippen LogP contribution is 2.42. The Balaban J connectivity index is 1.17. The number of aliphatic hydroxyl groups is 10. The summed E-state index contributed by atoms with van der Waals surface area (Å²) < 4.78 is 52.3. The van der Waals surface area contributed by atoms with Crippen LogP contribution in [0.15, 0.2) is 0 Å². The SMILES string of the molecule is CCCCCC(N)[C@@]1(O[C@@H]2[C@H]3OC[C@@H]2O[C@@H](O[C@@H]2[C@@H](O)[C@H](O[C@@H]4[C@H]5OC[C@@H]4O[C@@H](O)[C@H]5O)O[C@H](CO)[C@H]2O)[C@H]3O)O[C@H](CO)[C@H](O)[C@H](O)[C@H]1O. The summed E-state index contributed by atoms with van der Waals surface area (Å²) in [6, 6.07) is -1.08. The topological polar surface area (TPSA) is 311 Å². The van der Waals surface area contributed by atoms with Crippen molar-refractivity contribution in [1.82, 2.24) is 0 Å². The standard InChI is InChI=1S/C30H51NO19/c1-2-3-4-5-14(31)30(26(40)17(36)15(34)11(7-33)49-30)50-22-13-9-43-25(22)20(39)29(46-13)48-23-16(35)10(6-32)45-28(19(23)38)47-21-12-8-42-24(21)18(37)27(41)44-12/h10-29,32-41H,2-9,31H2,1H3/t10-,11-,12+,13+,14?,15+,16-,17+,18+,19-,20+,21+,22+,23+,24+,25+,26-,27-,28+,29+,30+/m1/s1. The Morgan fingerprint density at radius 1 is 0.680 bits per heavy atom. The number of nitrogens with two attached hydrogens (primary N) is 1. The van der Waals surface area contributed by atoms with Crippen LogP contribution >= 0.6 is 0 Å². The van der Waals surface area contributed by atoms with Crippen molar-refractivity contribution < 1.29 is 93.7 Å². The van der Waals surface area contributed by atoms with E-state index in [1.54, 1.807) is 0 Å². The van der Waals surface area contributed by atoms with E-state index in [0.29, 0.717) is 6.42 Å². The van der Waals surface area contributed by atoms with Gasteiger partial charge in [0.2, 0.25) is 5.79 Å². The quantitative estimate of drug-likeness (QED) is 0.0785. The van der Waals surface area contributed by atoms with Gasteiger partial charge in [-0.3, -0.25) is 0 Å². The third-order valence-corrected chi connectivity index (χ3v) is 10.5. The molecule has 20 nitrogen and oxygen atoms in total. The van der Waals surface area contributed by atoms with Gasteiger partial charge in [0.15, 0.2) is 18.9 Å². The number of ether oxygens (including phenoxy) is 9. The lowest BCUT2D eigenvalue weighted by Crippen LogP contribution is -2.74. The summed E-state index contributed by atoms with van der Waals surface area (Å²) in [6.45, 7) is 0.341. The molecular weight excluding hydrogens is 678 g/mol. The predicted octanol–water partition coefficient (Wildman–Crippen LogP) is -6.38. The summed E-state index contributed by atoms with van der Waals surface area (Å²) in [5.41, 5.74) is 6.53. The molecule has 0 spiro atoms. The van der Waals surface area contributed by atoms with Crippen LogP contribution in [0.4, 0.5) is 0 Å². The average molecular weight is 730 g/mol. The van der Waals surface area contributed by atoms with Crippen molar-refractivity contribution in [3.8, 4) is 0 Å². The maximum Gasteiger partial charge on any atom is 0.213 e. The van der Waals surface area contributed by atoms with E-state index in [-0.39, 0.29) is 19.6 Å². The summed E-state index contributed by atoms with van der Waals surface area (Å²) in [5, 5.41) is 106. The van der Waals surface area contributed by atoms with Gasteiger partial charge < -0.3 is 99.4 Å². The summed E-state index contributed by atoms with van der Waals surface area (Å²) in [7, 11) is 0. The van der Waals surface area contributed by atoms with Crippen LogP contribution in [-0.2, 0) is 42.6 Å². The van der Waals surface area contributed by atoms with Crippen molar-refractivity contribution in [1.29, 1.82) is 0 Å². The van der Waals surface area contributed by atoms with E-state index in [0.717, 1.165) is 12.8 Å². The van der Waals surface area contributed by atoms with Gasteiger partial charge in [0.25, 0.3) is 0 Å². The van der Waals surface area contributed by atoms with E-state index in [4.69, 9.17) is 48.4 Å². The molecule has 6 saturated heterocycles. The van der Waals surface area contributed by atoms with Gasteiger partial charge in [-0.25, -0.2) is 0 Å². The highest BCUT2D eigenvalue weighted by Gasteiger charge is 2.63. The Kier molecular flexibility index (Phi) is 12.4. The molecule has 0 aromatic heterocycles. The molecule has 50 heavy (non-hydrogen) atoms. The van der Waals surface area contributed by atoms with Gasteiger partial charge >= 0.3 is 0 Å². The molecule has 0 saturated carbocycles. The van der Waals surface area contributed by atoms with Crippen LogP contribution in [0.2, 0.25) is 0 Å². The molecule has 6 fully saturated rings. The Labute approximate surface area is 287 Å². The molecule has 4 bridgehead atoms. The van der Waals surface area contributed by atoms with E-state index in [1.807, 2.05) is 6.92 Å². The van der Waals surface area contributed by atoms with Crippen LogP contribution in [0.5, 0.6) is 0 Å². The first kappa shape index (κ1) is 38.9. The van der Waals surface area contributed by atoms with Crippen LogP contribution in [-0.4, -0.2) is 206 Å². The van der Waals surface area contributed by atoms with Gasteiger partial charge in [0.1, 0.15) is 97.7 Å². The lowest BCUT2D eigenvalue weighted by atomic mass is 9.85. The fourth-order valence-electron chi connectivity index (χ4n) is 7.61. The lowest BCUT2D eigenvalue weighted by molar-refractivity contribution is -0.404. The summed E-state index contributed by atoms with van der Waals surface area (Å²) in [4.78, 5) is 0. The predicted molar refractivity (Wildman–Crippen MR) is 158 cm³/mol. The van der Waals surface area contributed by atoms with E-state index in [9.17, 15) is 51.1 Å². The van der Waals surface area contributed by atoms with Crippen molar-refractivity contribution in [2.75, 3.05) is 26.4 Å². The molecule has 0 aromatic rings. The minimum absolute atomic E-state index is 0.0282. The third-order valence-electron chi connectivity index (χ3n) is 10.5. The smallest absolute Gasteiger partial charge is 0.213 e. The Hall–Kier alpha value is -0.800. The van der Waals surface area contributed by atoms with Gasteiger partial charge in [-0.05, 0) is 6.42 Å². The van der Waals surface area contributed by atoms with E-state index < -0.39 is 142 Å². The van der Waals surface area contributed by atoms with E-state index in [1.165, 1.54) is 0 Å². The molecule has 6 aliphatic heterocycles. The zero-order valence-electron chi connectivity index (χ0n) is 27.4. The second-order valence-electron chi connectivity index (χ2n) is 13.8. The fraction of sp³-hybridized carbons (Fsp3) is 1.00. The Morgan fingerprint density at radius 3 is 1.96 bits per heavy atom. The largest absolute Gasteiger partial charge is 0.394 e. The summed E-state index contributed by atoms with van der Waals surface area (Å²) >= 11 is 0. The molecule has 0 amide bonds. The maximum atomic E-state index is 11.4. The van der Waals surface area contributed by atoms with Crippen LogP contribution < -0.4 is 5.73 Å². The van der Waals surface area contributed by atoms with Crippen molar-refractivity contribution >= 4 is 0 Å². The Bertz CT molecular complexity index is 1110. The van der Waals surface area contributed by atoms with Crippen LogP contribution in [0, 0.1) is 0 Å². The summed E-state index contributed by atoms with van der Waals surface area (Å²) in [6.07, 6.45) is -24.6. The number of unbranched alkanes of at least 4 members (excludes halogenated alkanes) is 2. The zero-order chi connectivity index (χ0) is 36.1. The monoisotopic (exact) mass is 729 g/mol. The molecule has 12 N–H and O–H groups in total. The van der Waals surface area contributed by atoms with Gasteiger partial charge in [-0.15, -0.1) is 0 Å². The normalized spacial score (nSPS) is 52.7. The van der Waals surface area contributed by atoms with Crippen LogP contribution in [0.3, 0.4) is 0 Å². The van der Waals surface area contributed by atoms with Gasteiger partial charge in [-0.1, -0.05) is 26.2 Å². The molecule has 21 atom stereocenters.